The largest absolute Gasteiger partial charge is 0.370 e. The molecule has 3 nitrogen and oxygen atoms in total. The summed E-state index contributed by atoms with van der Waals surface area (Å²) in [6.45, 7) is 0. The quantitative estimate of drug-likeness (QED) is 0.903. The Morgan fingerprint density at radius 2 is 1.89 bits per heavy atom. The molecule has 0 bridgehead atoms. The Balaban J connectivity index is 2.26. The molecule has 2 aromatic carbocycles. The molecule has 1 unspecified atom stereocenters. The van der Waals surface area contributed by atoms with Crippen LogP contribution in [0.5, 0.6) is 0 Å². The molecule has 2 aromatic rings. The third-order valence-electron chi connectivity index (χ3n) is 2.62. The molecule has 3 N–H and O–H groups in total. The topological polar surface area (TPSA) is 55.1 Å². The van der Waals surface area contributed by atoms with Crippen LogP contribution in [0.2, 0.25) is 5.02 Å². The number of amides is 1. The van der Waals surface area contributed by atoms with E-state index in [0.29, 0.717) is 16.3 Å². The number of hydrogen-bond acceptors (Lipinski definition) is 2. The summed E-state index contributed by atoms with van der Waals surface area (Å²) in [5, 5.41) is 3.52. The predicted octanol–water partition coefficient (Wildman–Crippen LogP) is 3.12. The van der Waals surface area contributed by atoms with Gasteiger partial charge in [-0.15, -0.1) is 0 Å². The van der Waals surface area contributed by atoms with E-state index >= 15 is 0 Å². The average Bonchev–Trinajstić information content (AvgIpc) is 2.37. The zero-order chi connectivity index (χ0) is 13.8. The molecule has 0 aliphatic carbocycles. The predicted molar refractivity (Wildman–Crippen MR) is 73.4 cm³/mol. The minimum Gasteiger partial charge on any atom is -0.370 e. The van der Waals surface area contributed by atoms with Crippen molar-refractivity contribution in [3.8, 4) is 0 Å². The van der Waals surface area contributed by atoms with Gasteiger partial charge in [-0.2, -0.15) is 0 Å². The summed E-state index contributed by atoms with van der Waals surface area (Å²) in [7, 11) is 0. The number of carbonyl (C=O) groups is 1. The van der Waals surface area contributed by atoms with Gasteiger partial charge in [0.2, 0.25) is 5.91 Å². The van der Waals surface area contributed by atoms with Gasteiger partial charge in [-0.3, -0.25) is 4.79 Å². The number of benzene rings is 2. The second-order valence-electron chi connectivity index (χ2n) is 4.04. The number of rotatable bonds is 4. The van der Waals surface area contributed by atoms with Gasteiger partial charge in [0.05, 0.1) is 0 Å². The van der Waals surface area contributed by atoms with Crippen LogP contribution in [0.4, 0.5) is 10.1 Å². The second kappa shape index (κ2) is 5.71. The van der Waals surface area contributed by atoms with E-state index in [1.54, 1.807) is 24.3 Å². The first-order chi connectivity index (χ1) is 9.06. The van der Waals surface area contributed by atoms with Gasteiger partial charge >= 0.3 is 0 Å². The third-order valence-corrected chi connectivity index (χ3v) is 2.86. The monoisotopic (exact) mass is 278 g/mol. The smallest absolute Gasteiger partial charge is 0.244 e. The molecule has 5 heteroatoms. The molecule has 98 valence electrons. The first-order valence-electron chi connectivity index (χ1n) is 5.63. The molecule has 0 fully saturated rings. The number of halogens is 2. The van der Waals surface area contributed by atoms with Crippen LogP contribution in [0.3, 0.4) is 0 Å². The molecule has 0 aliphatic rings. The van der Waals surface area contributed by atoms with Gasteiger partial charge in [0.1, 0.15) is 11.9 Å². The first kappa shape index (κ1) is 13.4. The van der Waals surface area contributed by atoms with Gasteiger partial charge in [-0.1, -0.05) is 29.8 Å². The fourth-order valence-corrected chi connectivity index (χ4v) is 1.91. The molecule has 0 aromatic heterocycles. The van der Waals surface area contributed by atoms with Crippen LogP contribution in [0.25, 0.3) is 0 Å². The van der Waals surface area contributed by atoms with Gasteiger partial charge in [-0.05, 0) is 35.9 Å². The lowest BCUT2D eigenvalue weighted by molar-refractivity contribution is -0.118. The van der Waals surface area contributed by atoms with E-state index in [-0.39, 0.29) is 5.82 Å². The highest BCUT2D eigenvalue weighted by Crippen LogP contribution is 2.22. The van der Waals surface area contributed by atoms with Crippen LogP contribution in [0.15, 0.2) is 48.5 Å². The molecule has 19 heavy (non-hydrogen) atoms. The molecule has 0 heterocycles. The average molecular weight is 279 g/mol. The van der Waals surface area contributed by atoms with E-state index in [9.17, 15) is 9.18 Å². The Labute approximate surface area is 115 Å². The van der Waals surface area contributed by atoms with Crippen LogP contribution >= 0.6 is 11.6 Å². The fraction of sp³-hybridized carbons (Fsp3) is 0.0714. The highest BCUT2D eigenvalue weighted by molar-refractivity contribution is 6.30. The van der Waals surface area contributed by atoms with Gasteiger partial charge in [0.25, 0.3) is 0 Å². The first-order valence-corrected chi connectivity index (χ1v) is 6.01. The standard InChI is InChI=1S/C14H12ClFN2O/c15-10-2-1-3-12(8-10)18-13(14(17)19)9-4-6-11(16)7-5-9/h1-8,13,18H,(H2,17,19). The summed E-state index contributed by atoms with van der Waals surface area (Å²) in [6, 6.07) is 11.8. The maximum atomic E-state index is 12.9. The SMILES string of the molecule is NC(=O)C(Nc1cccc(Cl)c1)c1ccc(F)cc1. The summed E-state index contributed by atoms with van der Waals surface area (Å²) in [4.78, 5) is 11.5. The second-order valence-corrected chi connectivity index (χ2v) is 4.48. The van der Waals surface area contributed by atoms with Gasteiger partial charge < -0.3 is 11.1 Å². The maximum Gasteiger partial charge on any atom is 0.244 e. The summed E-state index contributed by atoms with van der Waals surface area (Å²) in [5.41, 5.74) is 6.62. The van der Waals surface area contributed by atoms with Crippen molar-refractivity contribution in [1.82, 2.24) is 0 Å². The van der Waals surface area contributed by atoms with Crippen molar-refractivity contribution in [1.29, 1.82) is 0 Å². The minimum atomic E-state index is -0.737. The van der Waals surface area contributed by atoms with Gasteiger partial charge in [0.15, 0.2) is 0 Å². The lowest BCUT2D eigenvalue weighted by Gasteiger charge is -2.17. The Bertz CT molecular complexity index is 586. The molecular formula is C14H12ClFN2O. The van der Waals surface area contributed by atoms with E-state index in [4.69, 9.17) is 17.3 Å². The van der Waals surface area contributed by atoms with Crippen LogP contribution in [0.1, 0.15) is 11.6 Å². The van der Waals surface area contributed by atoms with Crippen LogP contribution in [-0.4, -0.2) is 5.91 Å². The molecule has 0 saturated heterocycles. The van der Waals surface area contributed by atoms with Crippen molar-refractivity contribution >= 4 is 23.2 Å². The van der Waals surface area contributed by atoms with Crippen molar-refractivity contribution in [3.63, 3.8) is 0 Å². The van der Waals surface area contributed by atoms with E-state index in [0.717, 1.165) is 0 Å². The van der Waals surface area contributed by atoms with Crippen molar-refractivity contribution < 1.29 is 9.18 Å². The molecule has 2 rings (SSSR count). The summed E-state index contributed by atoms with van der Waals surface area (Å²) in [6.07, 6.45) is 0. The highest BCUT2D eigenvalue weighted by atomic mass is 35.5. The highest BCUT2D eigenvalue weighted by Gasteiger charge is 2.17. The molecule has 1 amide bonds. The molecule has 0 radical (unpaired) electrons. The van der Waals surface area contributed by atoms with Gasteiger partial charge in [0, 0.05) is 10.7 Å². The van der Waals surface area contributed by atoms with E-state index in [1.165, 1.54) is 24.3 Å². The number of nitrogens with one attached hydrogen (secondary N) is 1. The normalized spacial score (nSPS) is 11.9. The molecule has 0 aliphatic heterocycles. The summed E-state index contributed by atoms with van der Waals surface area (Å²) >= 11 is 5.87. The maximum absolute atomic E-state index is 12.9. The van der Waals surface area contributed by atoms with Gasteiger partial charge in [-0.25, -0.2) is 4.39 Å². The molecule has 1 atom stereocenters. The lowest BCUT2D eigenvalue weighted by atomic mass is 10.1. The number of carbonyl (C=O) groups excluding carboxylic acids is 1. The fourth-order valence-electron chi connectivity index (χ4n) is 1.72. The van der Waals surface area contributed by atoms with E-state index in [1.807, 2.05) is 0 Å². The number of anilines is 1. The minimum absolute atomic E-state index is 0.366. The zero-order valence-electron chi connectivity index (χ0n) is 9.94. The number of primary amides is 1. The van der Waals surface area contributed by atoms with Crippen molar-refractivity contribution in [3.05, 3.63) is 64.9 Å². The zero-order valence-corrected chi connectivity index (χ0v) is 10.7. The Morgan fingerprint density at radius 1 is 1.21 bits per heavy atom. The van der Waals surface area contributed by atoms with Crippen molar-refractivity contribution in [2.45, 2.75) is 6.04 Å². The van der Waals surface area contributed by atoms with Crippen LogP contribution < -0.4 is 11.1 Å². The van der Waals surface area contributed by atoms with Crippen molar-refractivity contribution in [2.24, 2.45) is 5.73 Å². The molecule has 0 saturated carbocycles. The summed E-state index contributed by atoms with van der Waals surface area (Å²) < 4.78 is 12.9. The van der Waals surface area contributed by atoms with Crippen LogP contribution in [-0.2, 0) is 4.79 Å². The Morgan fingerprint density at radius 3 is 2.47 bits per heavy atom. The Hall–Kier alpha value is -2.07. The summed E-state index contributed by atoms with van der Waals surface area (Å²) in [5.74, 6) is -0.915. The molecule has 0 spiro atoms. The number of hydrogen-bond donors (Lipinski definition) is 2. The third kappa shape index (κ3) is 3.45. The number of nitrogens with two attached hydrogens (primary N) is 1. The van der Waals surface area contributed by atoms with Crippen molar-refractivity contribution in [2.75, 3.05) is 5.32 Å². The van der Waals surface area contributed by atoms with E-state index in [2.05, 4.69) is 5.32 Å². The van der Waals surface area contributed by atoms with E-state index < -0.39 is 11.9 Å². The lowest BCUT2D eigenvalue weighted by Crippen LogP contribution is -2.27. The molecular weight excluding hydrogens is 267 g/mol. The van der Waals surface area contributed by atoms with Crippen LogP contribution in [0, 0.1) is 5.82 Å². The Kier molecular flexibility index (Phi) is 4.02.